The lowest BCUT2D eigenvalue weighted by molar-refractivity contribution is -0.146. The predicted octanol–water partition coefficient (Wildman–Crippen LogP) is 1.62. The molecule has 2 N–H and O–H groups in total. The Kier molecular flexibility index (Phi) is 7.18. The van der Waals surface area contributed by atoms with Crippen LogP contribution in [-0.4, -0.2) is 45.2 Å². The number of anilines is 1. The SMILES string of the molecule is COc1cccc(NC(=O)COC(=O)CNC(=O)c2cccc(OC)c2)c1. The first-order chi connectivity index (χ1) is 13.0. The van der Waals surface area contributed by atoms with E-state index in [0.717, 1.165) is 0 Å². The lowest BCUT2D eigenvalue weighted by Crippen LogP contribution is -2.32. The Hall–Kier alpha value is -3.55. The summed E-state index contributed by atoms with van der Waals surface area (Å²) in [5, 5.41) is 5.00. The molecule has 0 aliphatic carbocycles. The Balaban J connectivity index is 1.75. The molecule has 2 amide bonds. The van der Waals surface area contributed by atoms with Crippen LogP contribution in [-0.2, 0) is 14.3 Å². The summed E-state index contributed by atoms with van der Waals surface area (Å²) in [6.07, 6.45) is 0. The summed E-state index contributed by atoms with van der Waals surface area (Å²) in [5.41, 5.74) is 0.861. The van der Waals surface area contributed by atoms with Crippen molar-refractivity contribution in [3.05, 3.63) is 54.1 Å². The Morgan fingerprint density at radius 3 is 2.30 bits per heavy atom. The second kappa shape index (κ2) is 9.81. The summed E-state index contributed by atoms with van der Waals surface area (Å²) in [5.74, 6) is -0.570. The number of nitrogens with one attached hydrogen (secondary N) is 2. The smallest absolute Gasteiger partial charge is 0.325 e. The van der Waals surface area contributed by atoms with Crippen LogP contribution in [0.2, 0.25) is 0 Å². The molecule has 0 atom stereocenters. The van der Waals surface area contributed by atoms with Crippen LogP contribution < -0.4 is 20.1 Å². The minimum atomic E-state index is -0.730. The summed E-state index contributed by atoms with van der Waals surface area (Å²) >= 11 is 0. The van der Waals surface area contributed by atoms with Gasteiger partial charge in [0.2, 0.25) is 0 Å². The highest BCUT2D eigenvalue weighted by atomic mass is 16.5. The third-order valence-corrected chi connectivity index (χ3v) is 3.44. The molecule has 0 aromatic heterocycles. The minimum Gasteiger partial charge on any atom is -0.497 e. The molecule has 0 fully saturated rings. The van der Waals surface area contributed by atoms with Crippen LogP contribution in [0, 0.1) is 0 Å². The fourth-order valence-electron chi connectivity index (χ4n) is 2.11. The fraction of sp³-hybridized carbons (Fsp3) is 0.211. The summed E-state index contributed by atoms with van der Waals surface area (Å²) < 4.78 is 14.9. The Bertz CT molecular complexity index is 821. The zero-order valence-corrected chi connectivity index (χ0v) is 15.0. The van der Waals surface area contributed by atoms with Crippen LogP contribution in [0.15, 0.2) is 48.5 Å². The molecule has 0 unspecified atom stereocenters. The molecule has 0 spiro atoms. The predicted molar refractivity (Wildman–Crippen MR) is 97.9 cm³/mol. The summed E-state index contributed by atoms with van der Waals surface area (Å²) in [6.45, 7) is -0.826. The van der Waals surface area contributed by atoms with Gasteiger partial charge in [0.25, 0.3) is 11.8 Å². The maximum Gasteiger partial charge on any atom is 0.325 e. The first-order valence-corrected chi connectivity index (χ1v) is 8.03. The highest BCUT2D eigenvalue weighted by Crippen LogP contribution is 2.16. The highest BCUT2D eigenvalue weighted by Gasteiger charge is 2.11. The number of hydrogen-bond acceptors (Lipinski definition) is 6. The number of esters is 1. The highest BCUT2D eigenvalue weighted by molar-refractivity contribution is 5.97. The van der Waals surface area contributed by atoms with Gasteiger partial charge < -0.3 is 24.8 Å². The lowest BCUT2D eigenvalue weighted by Gasteiger charge is -2.09. The number of ether oxygens (including phenoxy) is 3. The number of rotatable bonds is 8. The minimum absolute atomic E-state index is 0.345. The molecular formula is C19H20N2O6. The van der Waals surface area contributed by atoms with Gasteiger partial charge in [-0.2, -0.15) is 0 Å². The van der Waals surface area contributed by atoms with E-state index in [4.69, 9.17) is 14.2 Å². The quantitative estimate of drug-likeness (QED) is 0.683. The molecule has 0 aliphatic heterocycles. The van der Waals surface area contributed by atoms with Crippen molar-refractivity contribution >= 4 is 23.5 Å². The zero-order chi connectivity index (χ0) is 19.6. The van der Waals surface area contributed by atoms with E-state index in [0.29, 0.717) is 22.7 Å². The largest absolute Gasteiger partial charge is 0.497 e. The van der Waals surface area contributed by atoms with E-state index in [1.165, 1.54) is 14.2 Å². The van der Waals surface area contributed by atoms with Gasteiger partial charge in [-0.3, -0.25) is 14.4 Å². The van der Waals surface area contributed by atoms with E-state index < -0.39 is 24.4 Å². The fourth-order valence-corrected chi connectivity index (χ4v) is 2.11. The molecule has 8 heteroatoms. The van der Waals surface area contributed by atoms with Gasteiger partial charge in [0.15, 0.2) is 6.61 Å². The van der Waals surface area contributed by atoms with Gasteiger partial charge >= 0.3 is 5.97 Å². The van der Waals surface area contributed by atoms with Crippen molar-refractivity contribution in [1.82, 2.24) is 5.32 Å². The summed E-state index contributed by atoms with van der Waals surface area (Å²) in [4.78, 5) is 35.5. The van der Waals surface area contributed by atoms with Crippen molar-refractivity contribution in [2.24, 2.45) is 0 Å². The second-order valence-corrected chi connectivity index (χ2v) is 5.36. The number of benzene rings is 2. The molecule has 142 valence electrons. The van der Waals surface area contributed by atoms with Crippen LogP contribution in [0.3, 0.4) is 0 Å². The van der Waals surface area contributed by atoms with Gasteiger partial charge in [0.05, 0.1) is 14.2 Å². The molecule has 8 nitrogen and oxygen atoms in total. The Labute approximate surface area is 156 Å². The molecule has 0 radical (unpaired) electrons. The third-order valence-electron chi connectivity index (χ3n) is 3.44. The van der Waals surface area contributed by atoms with Crippen molar-refractivity contribution in [2.75, 3.05) is 32.7 Å². The average Bonchev–Trinajstić information content (AvgIpc) is 2.70. The van der Waals surface area contributed by atoms with Crippen molar-refractivity contribution < 1.29 is 28.6 Å². The average molecular weight is 372 g/mol. The van der Waals surface area contributed by atoms with E-state index in [-0.39, 0.29) is 6.54 Å². The maximum absolute atomic E-state index is 12.0. The molecule has 2 aromatic carbocycles. The standard InChI is InChI=1S/C19H20N2O6/c1-25-15-7-3-5-13(9-15)19(24)20-11-18(23)27-12-17(22)21-14-6-4-8-16(10-14)26-2/h3-10H,11-12H2,1-2H3,(H,20,24)(H,21,22). The van der Waals surface area contributed by atoms with E-state index in [1.807, 2.05) is 0 Å². The van der Waals surface area contributed by atoms with E-state index in [1.54, 1.807) is 48.5 Å². The maximum atomic E-state index is 12.0. The molecule has 2 rings (SSSR count). The monoisotopic (exact) mass is 372 g/mol. The lowest BCUT2D eigenvalue weighted by atomic mass is 10.2. The molecule has 0 saturated heterocycles. The van der Waals surface area contributed by atoms with Crippen LogP contribution in [0.4, 0.5) is 5.69 Å². The van der Waals surface area contributed by atoms with Crippen LogP contribution in [0.5, 0.6) is 11.5 Å². The van der Waals surface area contributed by atoms with Crippen molar-refractivity contribution in [1.29, 1.82) is 0 Å². The second-order valence-electron chi connectivity index (χ2n) is 5.36. The van der Waals surface area contributed by atoms with E-state index in [9.17, 15) is 14.4 Å². The molecule has 0 bridgehead atoms. The number of hydrogen-bond donors (Lipinski definition) is 2. The normalized spacial score (nSPS) is 9.85. The van der Waals surface area contributed by atoms with Crippen molar-refractivity contribution in [2.45, 2.75) is 0 Å². The van der Waals surface area contributed by atoms with Crippen molar-refractivity contribution in [3.8, 4) is 11.5 Å². The Morgan fingerprint density at radius 2 is 1.59 bits per heavy atom. The summed E-state index contributed by atoms with van der Waals surface area (Å²) in [6, 6.07) is 13.3. The number of amides is 2. The topological polar surface area (TPSA) is 103 Å². The van der Waals surface area contributed by atoms with Gasteiger partial charge in [-0.1, -0.05) is 12.1 Å². The molecule has 0 saturated carbocycles. The molecule has 0 heterocycles. The van der Waals surface area contributed by atoms with Crippen LogP contribution in [0.1, 0.15) is 10.4 Å². The first-order valence-electron chi connectivity index (χ1n) is 8.03. The van der Waals surface area contributed by atoms with Gasteiger partial charge in [-0.05, 0) is 30.3 Å². The van der Waals surface area contributed by atoms with Crippen molar-refractivity contribution in [3.63, 3.8) is 0 Å². The zero-order valence-electron chi connectivity index (χ0n) is 15.0. The van der Waals surface area contributed by atoms with Gasteiger partial charge in [0, 0.05) is 17.3 Å². The van der Waals surface area contributed by atoms with Gasteiger partial charge in [0.1, 0.15) is 18.0 Å². The van der Waals surface area contributed by atoms with Gasteiger partial charge in [-0.15, -0.1) is 0 Å². The third kappa shape index (κ3) is 6.35. The van der Waals surface area contributed by atoms with E-state index >= 15 is 0 Å². The number of carbonyl (C=O) groups excluding carboxylic acids is 3. The van der Waals surface area contributed by atoms with Crippen LogP contribution in [0.25, 0.3) is 0 Å². The van der Waals surface area contributed by atoms with Gasteiger partial charge in [-0.25, -0.2) is 0 Å². The molecule has 27 heavy (non-hydrogen) atoms. The van der Waals surface area contributed by atoms with E-state index in [2.05, 4.69) is 10.6 Å². The molecule has 2 aromatic rings. The summed E-state index contributed by atoms with van der Waals surface area (Å²) in [7, 11) is 3.01. The Morgan fingerprint density at radius 1 is 0.926 bits per heavy atom. The molecule has 0 aliphatic rings. The number of carbonyl (C=O) groups is 3. The first kappa shape index (κ1) is 19.8. The number of methoxy groups -OCH3 is 2. The van der Waals surface area contributed by atoms with Crippen LogP contribution >= 0.6 is 0 Å². The molecular weight excluding hydrogens is 352 g/mol.